The number of aryl methyl sites for hydroxylation is 1. The van der Waals surface area contributed by atoms with Crippen molar-refractivity contribution in [3.63, 3.8) is 0 Å². The first-order valence-electron chi connectivity index (χ1n) is 6.15. The molecular weight excluding hydrogens is 311 g/mol. The zero-order valence-corrected chi connectivity index (χ0v) is 12.6. The van der Waals surface area contributed by atoms with Gasteiger partial charge in [-0.2, -0.15) is 4.98 Å². The van der Waals surface area contributed by atoms with Gasteiger partial charge < -0.3 is 4.52 Å². The van der Waals surface area contributed by atoms with Crippen molar-refractivity contribution in [1.29, 1.82) is 0 Å². The normalized spacial score (nSPS) is 11.9. The first-order chi connectivity index (χ1) is 10.1. The fourth-order valence-electron chi connectivity index (χ4n) is 1.75. The summed E-state index contributed by atoms with van der Waals surface area (Å²) < 4.78 is 18.0. The van der Waals surface area contributed by atoms with Crippen LogP contribution in [0.3, 0.4) is 0 Å². The van der Waals surface area contributed by atoms with Gasteiger partial charge in [-0.3, -0.25) is 0 Å². The maximum atomic E-state index is 12.9. The number of halogens is 2. The Bertz CT molecular complexity index is 792. The highest BCUT2D eigenvalue weighted by atomic mass is 35.5. The number of aromatic nitrogens is 2. The summed E-state index contributed by atoms with van der Waals surface area (Å²) in [4.78, 5) is 6.43. The SMILES string of the molecule is Cc1ccc(/C=C(\Cl)c2nc(-c3ccc(F)cc3)no2)s1. The Morgan fingerprint density at radius 3 is 2.67 bits per heavy atom. The van der Waals surface area contributed by atoms with Crippen LogP contribution >= 0.6 is 22.9 Å². The van der Waals surface area contributed by atoms with E-state index in [0.717, 1.165) is 4.88 Å². The number of benzene rings is 1. The number of rotatable bonds is 3. The second kappa shape index (κ2) is 5.79. The summed E-state index contributed by atoms with van der Waals surface area (Å²) in [5.74, 6) is 0.300. The second-order valence-electron chi connectivity index (χ2n) is 4.37. The maximum absolute atomic E-state index is 12.9. The third kappa shape index (κ3) is 3.20. The Morgan fingerprint density at radius 1 is 1.24 bits per heavy atom. The third-order valence-electron chi connectivity index (χ3n) is 2.76. The van der Waals surface area contributed by atoms with Crippen molar-refractivity contribution in [3.8, 4) is 11.4 Å². The average Bonchev–Trinajstić information content (AvgIpc) is 3.09. The van der Waals surface area contributed by atoms with Gasteiger partial charge in [-0.05, 0) is 49.4 Å². The highest BCUT2D eigenvalue weighted by Gasteiger charge is 2.11. The van der Waals surface area contributed by atoms with E-state index in [1.165, 1.54) is 17.0 Å². The molecule has 0 aliphatic carbocycles. The molecule has 0 unspecified atom stereocenters. The van der Waals surface area contributed by atoms with Crippen LogP contribution in [0.15, 0.2) is 40.9 Å². The molecule has 0 radical (unpaired) electrons. The number of thiophene rings is 1. The Balaban J connectivity index is 1.87. The number of hydrogen-bond acceptors (Lipinski definition) is 4. The lowest BCUT2D eigenvalue weighted by molar-refractivity contribution is 0.410. The molecule has 106 valence electrons. The molecule has 0 bridgehead atoms. The lowest BCUT2D eigenvalue weighted by atomic mass is 10.2. The molecule has 2 aromatic heterocycles. The summed E-state index contributed by atoms with van der Waals surface area (Å²) in [7, 11) is 0. The molecule has 0 saturated heterocycles. The van der Waals surface area contributed by atoms with Crippen LogP contribution in [0.5, 0.6) is 0 Å². The van der Waals surface area contributed by atoms with E-state index in [1.54, 1.807) is 29.5 Å². The molecular formula is C15H10ClFN2OS. The van der Waals surface area contributed by atoms with Crippen molar-refractivity contribution in [2.24, 2.45) is 0 Å². The van der Waals surface area contributed by atoms with E-state index in [2.05, 4.69) is 10.1 Å². The topological polar surface area (TPSA) is 38.9 Å². The van der Waals surface area contributed by atoms with Crippen molar-refractivity contribution in [2.75, 3.05) is 0 Å². The molecule has 0 atom stereocenters. The standard InChI is InChI=1S/C15H10ClFN2OS/c1-9-2-7-12(21-9)8-13(16)15-18-14(19-20-15)10-3-5-11(17)6-4-10/h2-8H,1H3/b13-8-. The molecule has 0 amide bonds. The van der Waals surface area contributed by atoms with Crippen molar-refractivity contribution >= 4 is 34.0 Å². The van der Waals surface area contributed by atoms with Crippen molar-refractivity contribution in [3.05, 3.63) is 57.9 Å². The first kappa shape index (κ1) is 14.0. The van der Waals surface area contributed by atoms with Gasteiger partial charge >= 0.3 is 0 Å². The van der Waals surface area contributed by atoms with Crippen molar-refractivity contribution in [1.82, 2.24) is 10.1 Å². The molecule has 3 rings (SSSR count). The minimum absolute atomic E-state index is 0.238. The van der Waals surface area contributed by atoms with Gasteiger partial charge in [-0.25, -0.2) is 4.39 Å². The van der Waals surface area contributed by atoms with Gasteiger partial charge in [0, 0.05) is 15.3 Å². The predicted molar refractivity (Wildman–Crippen MR) is 82.5 cm³/mol. The van der Waals surface area contributed by atoms with E-state index in [4.69, 9.17) is 16.1 Å². The van der Waals surface area contributed by atoms with Crippen molar-refractivity contribution < 1.29 is 8.91 Å². The number of hydrogen-bond donors (Lipinski definition) is 0. The molecule has 2 heterocycles. The van der Waals surface area contributed by atoms with Crippen LogP contribution in [0.2, 0.25) is 0 Å². The summed E-state index contributed by atoms with van der Waals surface area (Å²) in [6.45, 7) is 2.02. The molecule has 0 aliphatic heterocycles. The summed E-state index contributed by atoms with van der Waals surface area (Å²) in [6.07, 6.45) is 1.78. The Labute approximate surface area is 129 Å². The quantitative estimate of drug-likeness (QED) is 0.683. The van der Waals surface area contributed by atoms with Crippen LogP contribution in [0.4, 0.5) is 4.39 Å². The van der Waals surface area contributed by atoms with E-state index < -0.39 is 0 Å². The fourth-order valence-corrected chi connectivity index (χ4v) is 2.83. The van der Waals surface area contributed by atoms with Gasteiger partial charge in [0.1, 0.15) is 10.8 Å². The van der Waals surface area contributed by atoms with E-state index in [1.807, 2.05) is 19.1 Å². The fraction of sp³-hybridized carbons (Fsp3) is 0.0667. The number of nitrogens with zero attached hydrogens (tertiary/aromatic N) is 2. The molecule has 21 heavy (non-hydrogen) atoms. The second-order valence-corrected chi connectivity index (χ2v) is 6.10. The first-order valence-corrected chi connectivity index (χ1v) is 7.35. The highest BCUT2D eigenvalue weighted by Crippen LogP contribution is 2.26. The maximum Gasteiger partial charge on any atom is 0.269 e. The van der Waals surface area contributed by atoms with Crippen LogP contribution in [0, 0.1) is 12.7 Å². The largest absolute Gasteiger partial charge is 0.333 e. The van der Waals surface area contributed by atoms with Crippen LogP contribution in [-0.2, 0) is 0 Å². The van der Waals surface area contributed by atoms with E-state index in [-0.39, 0.29) is 11.7 Å². The predicted octanol–water partition coefficient (Wildman–Crippen LogP) is 4.98. The van der Waals surface area contributed by atoms with Crippen LogP contribution in [0.25, 0.3) is 22.5 Å². The summed E-state index contributed by atoms with van der Waals surface area (Å²) in [6, 6.07) is 9.85. The van der Waals surface area contributed by atoms with Crippen molar-refractivity contribution in [2.45, 2.75) is 6.92 Å². The Kier molecular flexibility index (Phi) is 3.86. The minimum Gasteiger partial charge on any atom is -0.333 e. The molecule has 0 spiro atoms. The summed E-state index contributed by atoms with van der Waals surface area (Å²) >= 11 is 7.81. The Hall–Kier alpha value is -1.98. The zero-order chi connectivity index (χ0) is 14.8. The third-order valence-corrected chi connectivity index (χ3v) is 3.98. The zero-order valence-electron chi connectivity index (χ0n) is 11.0. The lowest BCUT2D eigenvalue weighted by Gasteiger charge is -1.92. The molecule has 3 aromatic rings. The van der Waals surface area contributed by atoms with Gasteiger partial charge in [0.05, 0.1) is 0 Å². The highest BCUT2D eigenvalue weighted by molar-refractivity contribution is 7.12. The molecule has 3 nitrogen and oxygen atoms in total. The van der Waals surface area contributed by atoms with Gasteiger partial charge in [0.2, 0.25) is 5.82 Å². The molecule has 0 N–H and O–H groups in total. The van der Waals surface area contributed by atoms with Gasteiger partial charge in [0.15, 0.2) is 0 Å². The Morgan fingerprint density at radius 2 is 2.00 bits per heavy atom. The van der Waals surface area contributed by atoms with E-state index in [0.29, 0.717) is 16.4 Å². The average molecular weight is 321 g/mol. The van der Waals surface area contributed by atoms with Gasteiger partial charge in [-0.15, -0.1) is 11.3 Å². The lowest BCUT2D eigenvalue weighted by Crippen LogP contribution is -1.82. The summed E-state index contributed by atoms with van der Waals surface area (Å²) in [5.41, 5.74) is 0.669. The van der Waals surface area contributed by atoms with Gasteiger partial charge in [-0.1, -0.05) is 16.8 Å². The van der Waals surface area contributed by atoms with Crippen LogP contribution in [-0.4, -0.2) is 10.1 Å². The molecule has 6 heteroatoms. The molecule has 0 saturated carbocycles. The van der Waals surface area contributed by atoms with E-state index in [9.17, 15) is 4.39 Å². The monoisotopic (exact) mass is 320 g/mol. The molecule has 1 aromatic carbocycles. The van der Waals surface area contributed by atoms with E-state index >= 15 is 0 Å². The summed E-state index contributed by atoms with van der Waals surface area (Å²) in [5, 5.41) is 4.23. The smallest absolute Gasteiger partial charge is 0.269 e. The van der Waals surface area contributed by atoms with Crippen LogP contribution < -0.4 is 0 Å². The molecule has 0 aliphatic rings. The van der Waals surface area contributed by atoms with Crippen LogP contribution in [0.1, 0.15) is 15.6 Å². The van der Waals surface area contributed by atoms with Gasteiger partial charge in [0.25, 0.3) is 5.89 Å². The molecule has 0 fully saturated rings. The minimum atomic E-state index is -0.312.